The number of hydrogen-bond donors (Lipinski definition) is 1. The third-order valence-electron chi connectivity index (χ3n) is 8.14. The van der Waals surface area contributed by atoms with Gasteiger partial charge in [-0.3, -0.25) is 19.3 Å². The molecular formula is C28H26F2N4O6. The Labute approximate surface area is 227 Å². The van der Waals surface area contributed by atoms with Gasteiger partial charge in [-0.05, 0) is 17.7 Å². The van der Waals surface area contributed by atoms with E-state index in [1.807, 2.05) is 23.1 Å². The van der Waals surface area contributed by atoms with Crippen LogP contribution in [0.2, 0.25) is 0 Å². The molecule has 1 fully saturated rings. The van der Waals surface area contributed by atoms with Crippen LogP contribution >= 0.6 is 0 Å². The topological polar surface area (TPSA) is 96.7 Å². The first-order valence-electron chi connectivity index (χ1n) is 13.0. The normalized spacial score (nSPS) is 23.0. The molecule has 3 aromatic rings. The van der Waals surface area contributed by atoms with E-state index in [9.17, 15) is 19.1 Å². The number of methoxy groups -OCH3 is 1. The van der Waals surface area contributed by atoms with Gasteiger partial charge in [-0.2, -0.15) is 0 Å². The number of halogens is 2. The number of pyridine rings is 1. The van der Waals surface area contributed by atoms with Crippen LogP contribution in [-0.4, -0.2) is 72.9 Å². The van der Waals surface area contributed by atoms with E-state index in [2.05, 4.69) is 0 Å². The van der Waals surface area contributed by atoms with Gasteiger partial charge >= 0.3 is 0 Å². The fourth-order valence-electron chi connectivity index (χ4n) is 6.36. The Bertz CT molecular complexity index is 1600. The number of para-hydroxylation sites is 1. The number of carbonyl (C=O) groups is 1. The number of amides is 1. The maximum Gasteiger partial charge on any atom is 0.278 e. The minimum atomic E-state index is -0.974. The molecule has 0 aliphatic carbocycles. The molecule has 7 rings (SSSR count). The lowest BCUT2D eigenvalue weighted by atomic mass is 9.92. The Balaban J connectivity index is 1.55. The number of carbonyl (C=O) groups excluding carboxylic acids is 1. The predicted octanol–water partition coefficient (Wildman–Crippen LogP) is 2.10. The maximum absolute atomic E-state index is 15.7. The minimum Gasteiger partial charge on any atom is -0.502 e. The first-order chi connectivity index (χ1) is 19.4. The number of benzene rings is 2. The van der Waals surface area contributed by atoms with Crippen LogP contribution in [0.5, 0.6) is 11.5 Å². The van der Waals surface area contributed by atoms with E-state index in [1.165, 1.54) is 16.9 Å². The number of fused-ring (bicyclic) bond motifs is 3. The van der Waals surface area contributed by atoms with Gasteiger partial charge in [-0.15, -0.1) is 0 Å². The summed E-state index contributed by atoms with van der Waals surface area (Å²) in [6.45, 7) is 1.26. The Hall–Kier alpha value is -4.16. The Kier molecular flexibility index (Phi) is 5.72. The van der Waals surface area contributed by atoms with E-state index < -0.39 is 40.9 Å². The van der Waals surface area contributed by atoms with Crippen LogP contribution in [-0.2, 0) is 16.0 Å². The molecule has 1 amide bonds. The highest BCUT2D eigenvalue weighted by molar-refractivity contribution is 5.96. The first kappa shape index (κ1) is 24.9. The summed E-state index contributed by atoms with van der Waals surface area (Å²) in [6.07, 6.45) is 0.742. The molecule has 40 heavy (non-hydrogen) atoms. The second-order valence-corrected chi connectivity index (χ2v) is 10.2. The van der Waals surface area contributed by atoms with Crippen molar-refractivity contribution in [3.63, 3.8) is 0 Å². The number of hydrogen-bond acceptors (Lipinski definition) is 8. The minimum absolute atomic E-state index is 0.0523. The summed E-state index contributed by atoms with van der Waals surface area (Å²) in [5.41, 5.74) is 1.15. The number of aromatic nitrogens is 1. The summed E-state index contributed by atoms with van der Waals surface area (Å²) >= 11 is 0. The number of ether oxygens (including phenoxy) is 3. The lowest BCUT2D eigenvalue weighted by Crippen LogP contribution is -2.66. The second-order valence-electron chi connectivity index (χ2n) is 10.2. The number of rotatable bonds is 3. The van der Waals surface area contributed by atoms with Gasteiger partial charge in [0.15, 0.2) is 23.1 Å². The molecule has 1 aromatic heterocycles. The van der Waals surface area contributed by atoms with Crippen molar-refractivity contribution >= 4 is 11.6 Å². The lowest BCUT2D eigenvalue weighted by molar-refractivity contribution is -0.0197. The summed E-state index contributed by atoms with van der Waals surface area (Å²) in [5.74, 6) is -2.55. The first-order valence-corrected chi connectivity index (χ1v) is 13.0. The number of morpholine rings is 1. The molecule has 0 bridgehead atoms. The summed E-state index contributed by atoms with van der Waals surface area (Å²) < 4.78 is 49.3. The van der Waals surface area contributed by atoms with Crippen LogP contribution in [0, 0.1) is 11.6 Å². The van der Waals surface area contributed by atoms with E-state index >= 15 is 4.39 Å². The Morgan fingerprint density at radius 3 is 2.75 bits per heavy atom. The average molecular weight is 553 g/mol. The molecule has 12 heteroatoms. The van der Waals surface area contributed by atoms with Gasteiger partial charge in [-0.25, -0.2) is 8.78 Å². The van der Waals surface area contributed by atoms with Crippen molar-refractivity contribution in [1.82, 2.24) is 9.58 Å². The van der Waals surface area contributed by atoms with Crippen molar-refractivity contribution < 1.29 is 32.9 Å². The molecule has 208 valence electrons. The Morgan fingerprint density at radius 1 is 1.07 bits per heavy atom. The van der Waals surface area contributed by atoms with Crippen LogP contribution < -0.4 is 20.1 Å². The number of aromatic hydroxyl groups is 1. The zero-order valence-corrected chi connectivity index (χ0v) is 21.5. The van der Waals surface area contributed by atoms with Crippen LogP contribution in [0.1, 0.15) is 33.2 Å². The molecule has 10 nitrogen and oxygen atoms in total. The average Bonchev–Trinajstić information content (AvgIpc) is 3.11. The molecule has 1 N–H and O–H groups in total. The Morgan fingerprint density at radius 2 is 1.93 bits per heavy atom. The molecule has 5 heterocycles. The van der Waals surface area contributed by atoms with Crippen molar-refractivity contribution in [3.05, 3.63) is 86.8 Å². The van der Waals surface area contributed by atoms with Crippen molar-refractivity contribution in [1.29, 1.82) is 0 Å². The van der Waals surface area contributed by atoms with Crippen molar-refractivity contribution in [2.45, 2.75) is 24.8 Å². The zero-order valence-electron chi connectivity index (χ0n) is 21.5. The van der Waals surface area contributed by atoms with Crippen molar-refractivity contribution in [2.75, 3.05) is 50.0 Å². The predicted molar refractivity (Wildman–Crippen MR) is 138 cm³/mol. The molecule has 0 saturated carbocycles. The van der Waals surface area contributed by atoms with E-state index in [0.29, 0.717) is 35.8 Å². The smallest absolute Gasteiger partial charge is 0.278 e. The fourth-order valence-corrected chi connectivity index (χ4v) is 6.36. The van der Waals surface area contributed by atoms with Crippen LogP contribution in [0.25, 0.3) is 0 Å². The molecule has 4 aliphatic heterocycles. The van der Waals surface area contributed by atoms with E-state index in [1.54, 1.807) is 23.1 Å². The summed E-state index contributed by atoms with van der Waals surface area (Å²) in [7, 11) is 1.57. The molecule has 2 aromatic carbocycles. The SMILES string of the molecule is COC[C@H]1COc2cccc3c2N1Cc1c(ccc(F)c1F)C3N1C2COCCN2C(=O)c2c(O)c(=O)ccn21. The van der Waals surface area contributed by atoms with Gasteiger partial charge < -0.3 is 29.1 Å². The largest absolute Gasteiger partial charge is 0.502 e. The van der Waals surface area contributed by atoms with Crippen molar-refractivity contribution in [3.8, 4) is 11.5 Å². The molecule has 3 atom stereocenters. The second kappa shape index (κ2) is 9.20. The lowest BCUT2D eigenvalue weighted by Gasteiger charge is -2.51. The van der Waals surface area contributed by atoms with Gasteiger partial charge in [0, 0.05) is 43.6 Å². The van der Waals surface area contributed by atoms with Crippen LogP contribution in [0.3, 0.4) is 0 Å². The highest BCUT2D eigenvalue weighted by atomic mass is 19.2. The van der Waals surface area contributed by atoms with Crippen LogP contribution in [0.4, 0.5) is 14.5 Å². The van der Waals surface area contributed by atoms with Gasteiger partial charge in [0.2, 0.25) is 5.43 Å². The number of anilines is 1. The van der Waals surface area contributed by atoms with Gasteiger partial charge in [-0.1, -0.05) is 18.2 Å². The monoisotopic (exact) mass is 552 g/mol. The highest BCUT2D eigenvalue weighted by Crippen LogP contribution is 2.49. The third-order valence-corrected chi connectivity index (χ3v) is 8.14. The van der Waals surface area contributed by atoms with E-state index in [-0.39, 0.29) is 43.6 Å². The van der Waals surface area contributed by atoms with E-state index in [0.717, 1.165) is 6.07 Å². The number of nitrogens with zero attached hydrogens (tertiary/aromatic N) is 4. The zero-order chi connectivity index (χ0) is 27.7. The third kappa shape index (κ3) is 3.45. The standard InChI is InChI=1S/C28H26F2N4O6/c1-38-12-15-13-40-21-4-2-3-17-24(16-5-6-19(29)23(30)18(16)11-32(15)25(17)21)34-22-14-39-10-9-31(22)28(37)26-27(36)20(35)7-8-33(26)34/h2-8,15,22,24,36H,9-14H2,1H3/t15-,22?,24?/m0/s1. The molecule has 0 spiro atoms. The fraction of sp³-hybridized carbons (Fsp3) is 0.357. The van der Waals surface area contributed by atoms with Crippen LogP contribution in [0.15, 0.2) is 47.4 Å². The summed E-state index contributed by atoms with van der Waals surface area (Å²) in [4.78, 5) is 29.5. The molecular weight excluding hydrogens is 526 g/mol. The highest BCUT2D eigenvalue weighted by Gasteiger charge is 2.48. The molecule has 4 aliphatic rings. The molecule has 1 saturated heterocycles. The van der Waals surface area contributed by atoms with Gasteiger partial charge in [0.25, 0.3) is 5.91 Å². The van der Waals surface area contributed by atoms with E-state index in [4.69, 9.17) is 14.2 Å². The summed E-state index contributed by atoms with van der Waals surface area (Å²) in [6, 6.07) is 8.28. The summed E-state index contributed by atoms with van der Waals surface area (Å²) in [5, 5.41) is 12.6. The quantitative estimate of drug-likeness (QED) is 0.528. The van der Waals surface area contributed by atoms with Gasteiger partial charge in [0.1, 0.15) is 24.6 Å². The molecule has 0 radical (unpaired) electrons. The van der Waals surface area contributed by atoms with Crippen molar-refractivity contribution in [2.24, 2.45) is 0 Å². The van der Waals surface area contributed by atoms with Gasteiger partial charge in [0.05, 0.1) is 31.5 Å². The maximum atomic E-state index is 15.7. The molecule has 2 unspecified atom stereocenters.